The summed E-state index contributed by atoms with van der Waals surface area (Å²) in [4.78, 5) is 10.5. The van der Waals surface area contributed by atoms with Crippen molar-refractivity contribution in [2.45, 2.75) is 13.5 Å². The molecule has 0 unspecified atom stereocenters. The Morgan fingerprint density at radius 2 is 2.08 bits per heavy atom. The van der Waals surface area contributed by atoms with E-state index in [1.165, 1.54) is 18.6 Å². The summed E-state index contributed by atoms with van der Waals surface area (Å²) in [5, 5.41) is 3.03. The maximum absolute atomic E-state index is 10.5. The van der Waals surface area contributed by atoms with Gasteiger partial charge in [-0.1, -0.05) is 30.3 Å². The first-order valence-corrected chi connectivity index (χ1v) is 4.23. The third-order valence-corrected chi connectivity index (χ3v) is 1.58. The van der Waals surface area contributed by atoms with Crippen LogP contribution in [0.3, 0.4) is 0 Å². The summed E-state index contributed by atoms with van der Waals surface area (Å²) in [6.45, 7) is 2.28. The molecule has 2 nitrogen and oxygen atoms in total. The predicted octanol–water partition coefficient (Wildman–Crippen LogP) is 1.88. The number of ketones is 1. The molecule has 0 aliphatic carbocycles. The SMILES string of the molecule is CC(=O)/C=C/NCc1ccccc1. The average molecular weight is 175 g/mol. The van der Waals surface area contributed by atoms with E-state index in [4.69, 9.17) is 0 Å². The third kappa shape index (κ3) is 4.11. The number of carbonyl (C=O) groups excluding carboxylic acids is 1. The minimum Gasteiger partial charge on any atom is -0.387 e. The van der Waals surface area contributed by atoms with Gasteiger partial charge in [-0.15, -0.1) is 0 Å². The van der Waals surface area contributed by atoms with Crippen LogP contribution in [0.1, 0.15) is 12.5 Å². The topological polar surface area (TPSA) is 29.1 Å². The second kappa shape index (κ2) is 5.14. The van der Waals surface area contributed by atoms with Crippen molar-refractivity contribution in [3.63, 3.8) is 0 Å². The molecule has 0 aliphatic heterocycles. The van der Waals surface area contributed by atoms with Crippen LogP contribution >= 0.6 is 0 Å². The Balaban J connectivity index is 2.32. The Morgan fingerprint density at radius 1 is 1.38 bits per heavy atom. The molecule has 1 rings (SSSR count). The van der Waals surface area contributed by atoms with Crippen molar-refractivity contribution in [3.8, 4) is 0 Å². The highest BCUT2D eigenvalue weighted by molar-refractivity contribution is 5.87. The zero-order chi connectivity index (χ0) is 9.52. The number of carbonyl (C=O) groups is 1. The normalized spacial score (nSPS) is 10.2. The molecule has 0 saturated carbocycles. The van der Waals surface area contributed by atoms with Gasteiger partial charge in [-0.3, -0.25) is 4.79 Å². The molecule has 13 heavy (non-hydrogen) atoms. The fourth-order valence-electron chi connectivity index (χ4n) is 0.949. The van der Waals surface area contributed by atoms with E-state index in [-0.39, 0.29) is 5.78 Å². The van der Waals surface area contributed by atoms with Crippen molar-refractivity contribution in [3.05, 3.63) is 48.2 Å². The fraction of sp³-hybridized carbons (Fsp3) is 0.182. The number of hydrogen-bond acceptors (Lipinski definition) is 2. The first-order valence-electron chi connectivity index (χ1n) is 4.23. The largest absolute Gasteiger partial charge is 0.387 e. The number of benzene rings is 1. The fourth-order valence-corrected chi connectivity index (χ4v) is 0.949. The minimum atomic E-state index is 0.0561. The quantitative estimate of drug-likeness (QED) is 0.708. The first-order chi connectivity index (χ1) is 6.29. The molecule has 0 bridgehead atoms. The van der Waals surface area contributed by atoms with Gasteiger partial charge in [-0.25, -0.2) is 0 Å². The number of allylic oxidation sites excluding steroid dienone is 1. The molecule has 0 radical (unpaired) electrons. The van der Waals surface area contributed by atoms with Crippen LogP contribution in [0.2, 0.25) is 0 Å². The Labute approximate surface area is 78.3 Å². The van der Waals surface area contributed by atoms with Crippen LogP contribution in [0.15, 0.2) is 42.6 Å². The molecule has 68 valence electrons. The van der Waals surface area contributed by atoms with Crippen LogP contribution in [0.4, 0.5) is 0 Å². The molecule has 1 aromatic rings. The molecule has 0 aliphatic rings. The Bertz CT molecular complexity index is 290. The van der Waals surface area contributed by atoms with E-state index >= 15 is 0 Å². The van der Waals surface area contributed by atoms with Crippen molar-refractivity contribution in [2.24, 2.45) is 0 Å². The van der Waals surface area contributed by atoms with Gasteiger partial charge in [0.1, 0.15) is 0 Å². The van der Waals surface area contributed by atoms with E-state index in [0.29, 0.717) is 0 Å². The summed E-state index contributed by atoms with van der Waals surface area (Å²) in [5.41, 5.74) is 1.20. The third-order valence-electron chi connectivity index (χ3n) is 1.58. The Hall–Kier alpha value is -1.57. The molecule has 0 aromatic heterocycles. The standard InChI is InChI=1S/C11H13NO/c1-10(13)7-8-12-9-11-5-3-2-4-6-11/h2-8,12H,9H2,1H3/b8-7+. The lowest BCUT2D eigenvalue weighted by Crippen LogP contribution is -2.04. The van der Waals surface area contributed by atoms with Crippen molar-refractivity contribution in [1.82, 2.24) is 5.32 Å². The summed E-state index contributed by atoms with van der Waals surface area (Å²) >= 11 is 0. The van der Waals surface area contributed by atoms with E-state index < -0.39 is 0 Å². The molecule has 1 N–H and O–H groups in total. The van der Waals surface area contributed by atoms with E-state index in [0.717, 1.165) is 6.54 Å². The second-order valence-electron chi connectivity index (χ2n) is 2.81. The minimum absolute atomic E-state index is 0.0561. The maximum Gasteiger partial charge on any atom is 0.154 e. The summed E-state index contributed by atoms with van der Waals surface area (Å²) in [6.07, 6.45) is 3.19. The predicted molar refractivity (Wildman–Crippen MR) is 53.1 cm³/mol. The highest BCUT2D eigenvalue weighted by atomic mass is 16.1. The Kier molecular flexibility index (Phi) is 3.76. The monoisotopic (exact) mass is 175 g/mol. The molecule has 0 atom stereocenters. The van der Waals surface area contributed by atoms with Gasteiger partial charge in [0, 0.05) is 12.7 Å². The molecule has 2 heteroatoms. The van der Waals surface area contributed by atoms with Crippen molar-refractivity contribution in [2.75, 3.05) is 0 Å². The van der Waals surface area contributed by atoms with Crippen molar-refractivity contribution < 1.29 is 4.79 Å². The molecule has 0 heterocycles. The van der Waals surface area contributed by atoms with Gasteiger partial charge in [-0.2, -0.15) is 0 Å². The average Bonchev–Trinajstić information content (AvgIpc) is 2.14. The maximum atomic E-state index is 10.5. The van der Waals surface area contributed by atoms with Crippen LogP contribution in [-0.4, -0.2) is 5.78 Å². The Morgan fingerprint density at radius 3 is 2.69 bits per heavy atom. The zero-order valence-electron chi connectivity index (χ0n) is 7.66. The van der Waals surface area contributed by atoms with Crippen molar-refractivity contribution in [1.29, 1.82) is 0 Å². The van der Waals surface area contributed by atoms with E-state index in [1.807, 2.05) is 30.3 Å². The summed E-state index contributed by atoms with van der Waals surface area (Å²) in [6, 6.07) is 10.0. The second-order valence-corrected chi connectivity index (χ2v) is 2.81. The van der Waals surface area contributed by atoms with Crippen LogP contribution in [0.25, 0.3) is 0 Å². The lowest BCUT2D eigenvalue weighted by atomic mass is 10.2. The van der Waals surface area contributed by atoms with Crippen molar-refractivity contribution >= 4 is 5.78 Å². The molecule has 0 spiro atoms. The molecule has 0 fully saturated rings. The molecular weight excluding hydrogens is 162 g/mol. The summed E-state index contributed by atoms with van der Waals surface area (Å²) in [5.74, 6) is 0.0561. The number of rotatable bonds is 4. The lowest BCUT2D eigenvalue weighted by Gasteiger charge is -1.99. The smallest absolute Gasteiger partial charge is 0.154 e. The van der Waals surface area contributed by atoms with Crippen LogP contribution in [0.5, 0.6) is 0 Å². The highest BCUT2D eigenvalue weighted by Crippen LogP contribution is 1.96. The van der Waals surface area contributed by atoms with Crippen LogP contribution in [-0.2, 0) is 11.3 Å². The van der Waals surface area contributed by atoms with Gasteiger partial charge in [0.2, 0.25) is 0 Å². The van der Waals surface area contributed by atoms with E-state index in [2.05, 4.69) is 5.32 Å². The highest BCUT2D eigenvalue weighted by Gasteiger charge is 1.86. The van der Waals surface area contributed by atoms with E-state index in [1.54, 1.807) is 6.20 Å². The molecule has 1 aromatic carbocycles. The number of nitrogens with one attached hydrogen (secondary N) is 1. The summed E-state index contributed by atoms with van der Waals surface area (Å²) in [7, 11) is 0. The van der Waals surface area contributed by atoms with Gasteiger partial charge >= 0.3 is 0 Å². The molecular formula is C11H13NO. The van der Waals surface area contributed by atoms with E-state index in [9.17, 15) is 4.79 Å². The summed E-state index contributed by atoms with van der Waals surface area (Å²) < 4.78 is 0. The van der Waals surface area contributed by atoms with Gasteiger partial charge < -0.3 is 5.32 Å². The first kappa shape index (κ1) is 9.52. The van der Waals surface area contributed by atoms with Gasteiger partial charge in [0.05, 0.1) is 0 Å². The van der Waals surface area contributed by atoms with Crippen LogP contribution < -0.4 is 5.32 Å². The van der Waals surface area contributed by atoms with Gasteiger partial charge in [-0.05, 0) is 18.6 Å². The number of hydrogen-bond donors (Lipinski definition) is 1. The van der Waals surface area contributed by atoms with Gasteiger partial charge in [0.25, 0.3) is 0 Å². The lowest BCUT2D eigenvalue weighted by molar-refractivity contribution is -0.112. The van der Waals surface area contributed by atoms with Gasteiger partial charge in [0.15, 0.2) is 5.78 Å². The molecule has 0 saturated heterocycles. The zero-order valence-corrected chi connectivity index (χ0v) is 7.66. The molecule has 0 amide bonds. The van der Waals surface area contributed by atoms with Crippen LogP contribution in [0, 0.1) is 0 Å².